The first-order chi connectivity index (χ1) is 7.43. The van der Waals surface area contributed by atoms with Crippen molar-refractivity contribution in [2.45, 2.75) is 39.2 Å². The van der Waals surface area contributed by atoms with E-state index in [2.05, 4.69) is 18.9 Å². The minimum atomic E-state index is -0.485. The molecule has 2 N–H and O–H groups in total. The van der Waals surface area contributed by atoms with Gasteiger partial charge in [0.25, 0.3) is 0 Å². The van der Waals surface area contributed by atoms with E-state index in [1.165, 1.54) is 6.20 Å². The summed E-state index contributed by atoms with van der Waals surface area (Å²) in [6.45, 7) is 4.30. The van der Waals surface area contributed by atoms with Crippen LogP contribution in [0.15, 0.2) is 6.20 Å². The Labute approximate surface area is 93.6 Å². The van der Waals surface area contributed by atoms with Crippen molar-refractivity contribution in [2.24, 2.45) is 5.41 Å². The van der Waals surface area contributed by atoms with E-state index in [9.17, 15) is 10.1 Å². The number of anilines is 1. The summed E-state index contributed by atoms with van der Waals surface area (Å²) >= 11 is 0. The highest BCUT2D eigenvalue weighted by atomic mass is 16.6. The molecule has 88 valence electrons. The standard InChI is InChI=1S/C10H16N4O2/c1-10(2)5-3-4-8(10)13-9(11)7(6-12-13)14(15)16/h6,8H,3-5,11H2,1-2H3. The zero-order chi connectivity index (χ0) is 11.9. The molecular formula is C10H16N4O2. The van der Waals surface area contributed by atoms with Crippen molar-refractivity contribution < 1.29 is 4.92 Å². The Morgan fingerprint density at radius 2 is 2.38 bits per heavy atom. The summed E-state index contributed by atoms with van der Waals surface area (Å²) in [6, 6.07) is 0.168. The van der Waals surface area contributed by atoms with Crippen molar-refractivity contribution in [3.05, 3.63) is 16.3 Å². The minimum Gasteiger partial charge on any atom is -0.378 e. The van der Waals surface area contributed by atoms with E-state index < -0.39 is 4.92 Å². The average molecular weight is 224 g/mol. The zero-order valence-electron chi connectivity index (χ0n) is 9.51. The Morgan fingerprint density at radius 3 is 2.81 bits per heavy atom. The van der Waals surface area contributed by atoms with Crippen LogP contribution in [-0.4, -0.2) is 14.7 Å². The number of nitrogen functional groups attached to an aromatic ring is 1. The topological polar surface area (TPSA) is 87.0 Å². The van der Waals surface area contributed by atoms with Crippen molar-refractivity contribution in [1.82, 2.24) is 9.78 Å². The highest BCUT2D eigenvalue weighted by molar-refractivity contribution is 5.51. The van der Waals surface area contributed by atoms with Gasteiger partial charge in [0.05, 0.1) is 11.0 Å². The van der Waals surface area contributed by atoms with Gasteiger partial charge in [0.1, 0.15) is 6.20 Å². The number of hydrogen-bond acceptors (Lipinski definition) is 4. The molecule has 0 aliphatic heterocycles. The van der Waals surface area contributed by atoms with Crippen LogP contribution in [0.25, 0.3) is 0 Å². The van der Waals surface area contributed by atoms with E-state index in [1.807, 2.05) is 0 Å². The maximum absolute atomic E-state index is 10.7. The summed E-state index contributed by atoms with van der Waals surface area (Å²) < 4.78 is 1.62. The van der Waals surface area contributed by atoms with Crippen LogP contribution in [0.5, 0.6) is 0 Å². The molecular weight excluding hydrogens is 208 g/mol. The highest BCUT2D eigenvalue weighted by Gasteiger charge is 2.38. The molecule has 1 heterocycles. The molecule has 1 aliphatic carbocycles. The molecule has 0 saturated heterocycles. The molecule has 1 aromatic rings. The molecule has 16 heavy (non-hydrogen) atoms. The lowest BCUT2D eigenvalue weighted by atomic mass is 9.87. The van der Waals surface area contributed by atoms with Crippen LogP contribution in [0.2, 0.25) is 0 Å². The Bertz CT molecular complexity index is 424. The van der Waals surface area contributed by atoms with Crippen LogP contribution in [0.4, 0.5) is 11.5 Å². The summed E-state index contributed by atoms with van der Waals surface area (Å²) in [5.74, 6) is 0.171. The molecule has 0 radical (unpaired) electrons. The van der Waals surface area contributed by atoms with Crippen molar-refractivity contribution in [3.8, 4) is 0 Å². The van der Waals surface area contributed by atoms with Crippen molar-refractivity contribution >= 4 is 11.5 Å². The van der Waals surface area contributed by atoms with Crippen LogP contribution in [-0.2, 0) is 0 Å². The molecule has 1 aliphatic rings. The first kappa shape index (κ1) is 10.9. The van der Waals surface area contributed by atoms with E-state index in [1.54, 1.807) is 4.68 Å². The van der Waals surface area contributed by atoms with Gasteiger partial charge < -0.3 is 5.73 Å². The van der Waals surface area contributed by atoms with Crippen molar-refractivity contribution in [2.75, 3.05) is 5.73 Å². The van der Waals surface area contributed by atoms with Crippen LogP contribution >= 0.6 is 0 Å². The van der Waals surface area contributed by atoms with Gasteiger partial charge in [-0.1, -0.05) is 20.3 Å². The molecule has 2 rings (SSSR count). The smallest absolute Gasteiger partial charge is 0.330 e. The van der Waals surface area contributed by atoms with E-state index in [4.69, 9.17) is 5.73 Å². The minimum absolute atomic E-state index is 0.0947. The van der Waals surface area contributed by atoms with E-state index >= 15 is 0 Å². The molecule has 0 aromatic carbocycles. The molecule has 0 bridgehead atoms. The van der Waals surface area contributed by atoms with Gasteiger partial charge in [-0.3, -0.25) is 10.1 Å². The van der Waals surface area contributed by atoms with E-state index in [0.29, 0.717) is 0 Å². The van der Waals surface area contributed by atoms with Gasteiger partial charge in [-0.2, -0.15) is 5.10 Å². The van der Waals surface area contributed by atoms with Crippen LogP contribution < -0.4 is 5.73 Å². The van der Waals surface area contributed by atoms with Crippen molar-refractivity contribution in [1.29, 1.82) is 0 Å². The number of hydrogen-bond donors (Lipinski definition) is 1. The predicted octanol–water partition coefficient (Wildman–Crippen LogP) is 2.12. The normalized spacial score (nSPS) is 23.5. The van der Waals surface area contributed by atoms with Gasteiger partial charge >= 0.3 is 5.69 Å². The molecule has 6 heteroatoms. The van der Waals surface area contributed by atoms with Crippen LogP contribution in [0, 0.1) is 15.5 Å². The fraction of sp³-hybridized carbons (Fsp3) is 0.700. The van der Waals surface area contributed by atoms with Gasteiger partial charge in [-0.05, 0) is 18.3 Å². The monoisotopic (exact) mass is 224 g/mol. The molecule has 6 nitrogen and oxygen atoms in total. The Balaban J connectivity index is 2.38. The molecule has 1 fully saturated rings. The first-order valence-corrected chi connectivity index (χ1v) is 5.41. The lowest BCUT2D eigenvalue weighted by Gasteiger charge is -2.27. The number of nitrogens with zero attached hydrogens (tertiary/aromatic N) is 3. The molecule has 0 amide bonds. The number of nitro groups is 1. The lowest BCUT2D eigenvalue weighted by Crippen LogP contribution is -2.23. The third kappa shape index (κ3) is 1.54. The molecule has 1 unspecified atom stereocenters. The number of aromatic nitrogens is 2. The SMILES string of the molecule is CC1(C)CCCC1n1ncc([N+](=O)[O-])c1N. The number of nitrogens with two attached hydrogens (primary N) is 1. The van der Waals surface area contributed by atoms with Gasteiger partial charge in [0, 0.05) is 0 Å². The number of rotatable bonds is 2. The largest absolute Gasteiger partial charge is 0.378 e. The molecule has 1 saturated carbocycles. The van der Waals surface area contributed by atoms with Crippen LogP contribution in [0.3, 0.4) is 0 Å². The van der Waals surface area contributed by atoms with Gasteiger partial charge in [0.2, 0.25) is 5.82 Å². The maximum Gasteiger partial charge on any atom is 0.330 e. The quantitative estimate of drug-likeness (QED) is 0.615. The average Bonchev–Trinajstić information content (AvgIpc) is 2.68. The summed E-state index contributed by atoms with van der Waals surface area (Å²) in [4.78, 5) is 10.2. The summed E-state index contributed by atoms with van der Waals surface area (Å²) in [7, 11) is 0. The van der Waals surface area contributed by atoms with Gasteiger partial charge in [0.15, 0.2) is 0 Å². The van der Waals surface area contributed by atoms with E-state index in [0.717, 1.165) is 19.3 Å². The second-order valence-electron chi connectivity index (χ2n) is 5.01. The fourth-order valence-corrected chi connectivity index (χ4v) is 2.51. The van der Waals surface area contributed by atoms with E-state index in [-0.39, 0.29) is 23.0 Å². The Hall–Kier alpha value is -1.59. The third-order valence-electron chi connectivity index (χ3n) is 3.51. The summed E-state index contributed by atoms with van der Waals surface area (Å²) in [6.07, 6.45) is 4.44. The molecule has 0 spiro atoms. The van der Waals surface area contributed by atoms with Gasteiger partial charge in [-0.15, -0.1) is 0 Å². The molecule has 1 aromatic heterocycles. The summed E-state index contributed by atoms with van der Waals surface area (Å²) in [5.41, 5.74) is 5.77. The van der Waals surface area contributed by atoms with Gasteiger partial charge in [-0.25, -0.2) is 4.68 Å². The first-order valence-electron chi connectivity index (χ1n) is 5.41. The third-order valence-corrected chi connectivity index (χ3v) is 3.51. The second-order valence-corrected chi connectivity index (χ2v) is 5.01. The predicted molar refractivity (Wildman–Crippen MR) is 60.0 cm³/mol. The Kier molecular flexibility index (Phi) is 2.36. The Morgan fingerprint density at radius 1 is 1.69 bits per heavy atom. The fourth-order valence-electron chi connectivity index (χ4n) is 2.51. The summed E-state index contributed by atoms with van der Waals surface area (Å²) in [5, 5.41) is 14.7. The molecule has 1 atom stereocenters. The zero-order valence-corrected chi connectivity index (χ0v) is 9.51. The lowest BCUT2D eigenvalue weighted by molar-refractivity contribution is -0.384. The highest BCUT2D eigenvalue weighted by Crippen LogP contribution is 2.47. The second kappa shape index (κ2) is 3.47. The van der Waals surface area contributed by atoms with Crippen molar-refractivity contribution in [3.63, 3.8) is 0 Å². The van der Waals surface area contributed by atoms with Crippen LogP contribution in [0.1, 0.15) is 39.2 Å². The maximum atomic E-state index is 10.7.